The van der Waals surface area contributed by atoms with E-state index in [2.05, 4.69) is 32.9 Å². The van der Waals surface area contributed by atoms with E-state index < -0.39 is 4.92 Å². The van der Waals surface area contributed by atoms with Crippen LogP contribution in [-0.4, -0.2) is 29.4 Å². The minimum atomic E-state index is -0.535. The Hall–Kier alpha value is -2.89. The van der Waals surface area contributed by atoms with Crippen LogP contribution < -0.4 is 4.74 Å². The maximum Gasteiger partial charge on any atom is 0.311 e. The molecular formula is C21H26N2O4. The molecule has 2 aromatic rings. The molecule has 6 heteroatoms. The van der Waals surface area contributed by atoms with Crippen LogP contribution in [0.5, 0.6) is 5.75 Å². The molecule has 0 aliphatic heterocycles. The number of nitro benzene ring substituents is 1. The molecule has 0 fully saturated rings. The van der Waals surface area contributed by atoms with Gasteiger partial charge in [-0.05, 0) is 35.6 Å². The molecule has 0 atom stereocenters. The summed E-state index contributed by atoms with van der Waals surface area (Å²) >= 11 is 0. The molecule has 2 aromatic carbocycles. The Labute approximate surface area is 159 Å². The van der Waals surface area contributed by atoms with Gasteiger partial charge < -0.3 is 9.64 Å². The van der Waals surface area contributed by atoms with E-state index in [1.165, 1.54) is 17.7 Å². The average molecular weight is 370 g/mol. The Morgan fingerprint density at radius 1 is 1.15 bits per heavy atom. The standard InChI is InChI=1S/C21H26N2O4/c1-6-27-19-12-9-16(13-18(19)23(25)26)20(24)22(5)14-15-7-10-17(11-8-15)21(2,3)4/h7-13H,6,14H2,1-5H3. The van der Waals surface area contributed by atoms with Gasteiger partial charge in [0.15, 0.2) is 5.75 Å². The van der Waals surface area contributed by atoms with Gasteiger partial charge in [0.05, 0.1) is 11.5 Å². The lowest BCUT2D eigenvalue weighted by atomic mass is 9.87. The number of carbonyl (C=O) groups is 1. The predicted octanol–water partition coefficient (Wildman–Crippen LogP) is 4.56. The van der Waals surface area contributed by atoms with Gasteiger partial charge in [-0.1, -0.05) is 45.0 Å². The normalized spacial score (nSPS) is 11.1. The fourth-order valence-electron chi connectivity index (χ4n) is 2.75. The average Bonchev–Trinajstić information content (AvgIpc) is 2.61. The van der Waals surface area contributed by atoms with Crippen molar-refractivity contribution in [2.75, 3.05) is 13.7 Å². The van der Waals surface area contributed by atoms with Crippen LogP contribution >= 0.6 is 0 Å². The first-order chi connectivity index (χ1) is 12.6. The Morgan fingerprint density at radius 3 is 2.30 bits per heavy atom. The molecule has 6 nitrogen and oxygen atoms in total. The number of rotatable bonds is 6. The fourth-order valence-corrected chi connectivity index (χ4v) is 2.75. The number of benzene rings is 2. The molecule has 0 aromatic heterocycles. The summed E-state index contributed by atoms with van der Waals surface area (Å²) < 4.78 is 5.26. The largest absolute Gasteiger partial charge is 0.487 e. The summed E-state index contributed by atoms with van der Waals surface area (Å²) in [5.74, 6) is -0.111. The second-order valence-electron chi connectivity index (χ2n) is 7.48. The number of nitrogens with zero attached hydrogens (tertiary/aromatic N) is 2. The highest BCUT2D eigenvalue weighted by atomic mass is 16.6. The summed E-state index contributed by atoms with van der Waals surface area (Å²) in [4.78, 5) is 24.9. The Morgan fingerprint density at radius 2 is 1.78 bits per heavy atom. The van der Waals surface area contributed by atoms with Gasteiger partial charge in [-0.3, -0.25) is 14.9 Å². The molecule has 0 radical (unpaired) electrons. The fraction of sp³-hybridized carbons (Fsp3) is 0.381. The molecule has 1 amide bonds. The third-order valence-electron chi connectivity index (χ3n) is 4.29. The molecule has 0 saturated heterocycles. The maximum absolute atomic E-state index is 12.7. The van der Waals surface area contributed by atoms with E-state index in [1.54, 1.807) is 24.9 Å². The van der Waals surface area contributed by atoms with Crippen molar-refractivity contribution in [2.45, 2.75) is 39.7 Å². The van der Waals surface area contributed by atoms with Crippen molar-refractivity contribution in [1.29, 1.82) is 0 Å². The van der Waals surface area contributed by atoms with Crippen LogP contribution in [0.15, 0.2) is 42.5 Å². The molecule has 0 aliphatic rings. The van der Waals surface area contributed by atoms with Gasteiger partial charge in [-0.2, -0.15) is 0 Å². The molecule has 144 valence electrons. The Bertz CT molecular complexity index is 823. The minimum Gasteiger partial charge on any atom is -0.487 e. The van der Waals surface area contributed by atoms with E-state index in [1.807, 2.05) is 12.1 Å². The summed E-state index contributed by atoms with van der Waals surface area (Å²) in [6.07, 6.45) is 0. The van der Waals surface area contributed by atoms with Crippen LogP contribution in [0.3, 0.4) is 0 Å². The van der Waals surface area contributed by atoms with Crippen LogP contribution in [0, 0.1) is 10.1 Å². The van der Waals surface area contributed by atoms with Crippen LogP contribution in [-0.2, 0) is 12.0 Å². The molecule has 0 aliphatic carbocycles. The number of amides is 1. The topological polar surface area (TPSA) is 72.7 Å². The smallest absolute Gasteiger partial charge is 0.311 e. The van der Waals surface area contributed by atoms with Crippen molar-refractivity contribution < 1.29 is 14.5 Å². The van der Waals surface area contributed by atoms with Gasteiger partial charge in [0.25, 0.3) is 5.91 Å². The number of hydrogen-bond acceptors (Lipinski definition) is 4. The summed E-state index contributed by atoms with van der Waals surface area (Å²) in [6.45, 7) is 8.94. The second-order valence-corrected chi connectivity index (χ2v) is 7.48. The van der Waals surface area contributed by atoms with Crippen molar-refractivity contribution >= 4 is 11.6 Å². The van der Waals surface area contributed by atoms with E-state index in [-0.39, 0.29) is 28.3 Å². The first-order valence-corrected chi connectivity index (χ1v) is 8.89. The quantitative estimate of drug-likeness (QED) is 0.552. The van der Waals surface area contributed by atoms with Gasteiger partial charge in [-0.15, -0.1) is 0 Å². The SMILES string of the molecule is CCOc1ccc(C(=O)N(C)Cc2ccc(C(C)(C)C)cc2)cc1[N+](=O)[O-]. The zero-order valence-corrected chi connectivity index (χ0v) is 16.5. The molecule has 0 spiro atoms. The number of nitro groups is 1. The Kier molecular flexibility index (Phi) is 6.20. The second kappa shape index (κ2) is 8.20. The summed E-state index contributed by atoms with van der Waals surface area (Å²) in [6, 6.07) is 12.4. The van der Waals surface area contributed by atoms with E-state index in [0.717, 1.165) is 5.56 Å². The van der Waals surface area contributed by atoms with Gasteiger partial charge >= 0.3 is 5.69 Å². The highest BCUT2D eigenvalue weighted by Gasteiger charge is 2.21. The van der Waals surface area contributed by atoms with Crippen molar-refractivity contribution in [3.63, 3.8) is 0 Å². The first-order valence-electron chi connectivity index (χ1n) is 8.89. The van der Waals surface area contributed by atoms with Gasteiger partial charge in [0, 0.05) is 25.2 Å². The van der Waals surface area contributed by atoms with Crippen LogP contribution in [0.4, 0.5) is 5.69 Å². The third kappa shape index (κ3) is 5.06. The molecular weight excluding hydrogens is 344 g/mol. The van der Waals surface area contributed by atoms with Crippen LogP contribution in [0.1, 0.15) is 49.2 Å². The van der Waals surface area contributed by atoms with Crippen molar-refractivity contribution in [3.05, 3.63) is 69.3 Å². The predicted molar refractivity (Wildman–Crippen MR) is 105 cm³/mol. The van der Waals surface area contributed by atoms with E-state index in [0.29, 0.717) is 13.2 Å². The van der Waals surface area contributed by atoms with Gasteiger partial charge in [-0.25, -0.2) is 0 Å². The lowest BCUT2D eigenvalue weighted by Crippen LogP contribution is -2.26. The minimum absolute atomic E-state index is 0.0709. The molecule has 27 heavy (non-hydrogen) atoms. The molecule has 0 unspecified atom stereocenters. The highest BCUT2D eigenvalue weighted by Crippen LogP contribution is 2.28. The van der Waals surface area contributed by atoms with Crippen molar-refractivity contribution in [3.8, 4) is 5.75 Å². The van der Waals surface area contributed by atoms with Crippen LogP contribution in [0.2, 0.25) is 0 Å². The molecule has 0 N–H and O–H groups in total. The zero-order valence-electron chi connectivity index (χ0n) is 16.5. The van der Waals surface area contributed by atoms with Crippen molar-refractivity contribution in [1.82, 2.24) is 4.90 Å². The highest BCUT2D eigenvalue weighted by molar-refractivity contribution is 5.95. The summed E-state index contributed by atoms with van der Waals surface area (Å²) in [5.41, 5.74) is 2.35. The molecule has 0 bridgehead atoms. The number of carbonyl (C=O) groups excluding carboxylic acids is 1. The Balaban J connectivity index is 2.17. The lowest BCUT2D eigenvalue weighted by Gasteiger charge is -2.21. The number of ether oxygens (including phenoxy) is 1. The molecule has 2 rings (SSSR count). The summed E-state index contributed by atoms with van der Waals surface area (Å²) in [7, 11) is 1.68. The number of hydrogen-bond donors (Lipinski definition) is 0. The van der Waals surface area contributed by atoms with Crippen molar-refractivity contribution in [2.24, 2.45) is 0 Å². The molecule has 0 heterocycles. The van der Waals surface area contributed by atoms with Gasteiger partial charge in [0.1, 0.15) is 0 Å². The van der Waals surface area contributed by atoms with E-state index >= 15 is 0 Å². The zero-order chi connectivity index (χ0) is 20.2. The monoisotopic (exact) mass is 370 g/mol. The lowest BCUT2D eigenvalue weighted by molar-refractivity contribution is -0.385. The summed E-state index contributed by atoms with van der Waals surface area (Å²) in [5, 5.41) is 11.2. The maximum atomic E-state index is 12.7. The van der Waals surface area contributed by atoms with E-state index in [4.69, 9.17) is 4.74 Å². The first kappa shape index (κ1) is 20.4. The third-order valence-corrected chi connectivity index (χ3v) is 4.29. The molecule has 0 saturated carbocycles. The van der Waals surface area contributed by atoms with E-state index in [9.17, 15) is 14.9 Å². The van der Waals surface area contributed by atoms with Crippen LogP contribution in [0.25, 0.3) is 0 Å². The van der Waals surface area contributed by atoms with Gasteiger partial charge in [0.2, 0.25) is 0 Å².